The fraction of sp³-hybridized carbons (Fsp3) is 0.438. The first-order chi connectivity index (χ1) is 9.24. The smallest absolute Gasteiger partial charge is 0.337 e. The molecule has 2 rings (SSSR count). The summed E-state index contributed by atoms with van der Waals surface area (Å²) >= 11 is 0. The van der Waals surface area contributed by atoms with E-state index in [9.17, 15) is 4.79 Å². The van der Waals surface area contributed by atoms with E-state index in [-0.39, 0.29) is 5.97 Å². The zero-order valence-electron chi connectivity index (χ0n) is 11.5. The van der Waals surface area contributed by atoms with Gasteiger partial charge in [0.15, 0.2) is 0 Å². The Bertz CT molecular complexity index is 449. The maximum absolute atomic E-state index is 11.4. The molecule has 0 heterocycles. The highest BCUT2D eigenvalue weighted by atomic mass is 16.5. The van der Waals surface area contributed by atoms with Crippen LogP contribution in [0.25, 0.3) is 0 Å². The van der Waals surface area contributed by atoms with Crippen molar-refractivity contribution in [2.24, 2.45) is 0 Å². The lowest BCUT2D eigenvalue weighted by atomic mass is 9.82. The van der Waals surface area contributed by atoms with Crippen LogP contribution in [-0.2, 0) is 9.47 Å². The number of esters is 1. The number of carbonyl (C=O) groups is 1. The molecule has 0 radical (unpaired) electrons. The van der Waals surface area contributed by atoms with Crippen LogP contribution in [0.5, 0.6) is 0 Å². The van der Waals surface area contributed by atoms with Crippen molar-refractivity contribution in [3.63, 3.8) is 0 Å². The maximum Gasteiger partial charge on any atom is 0.337 e. The van der Waals surface area contributed by atoms with Crippen molar-refractivity contribution < 1.29 is 14.3 Å². The minimum absolute atomic E-state index is 0.277. The van der Waals surface area contributed by atoms with Crippen LogP contribution >= 0.6 is 0 Å². The molecule has 19 heavy (non-hydrogen) atoms. The van der Waals surface area contributed by atoms with Crippen LogP contribution in [0.1, 0.15) is 47.5 Å². The third kappa shape index (κ3) is 3.37. The van der Waals surface area contributed by atoms with Crippen molar-refractivity contribution in [1.82, 2.24) is 0 Å². The number of benzene rings is 1. The molecule has 3 heteroatoms. The Morgan fingerprint density at radius 2 is 1.79 bits per heavy atom. The fourth-order valence-corrected chi connectivity index (χ4v) is 2.62. The Labute approximate surface area is 114 Å². The van der Waals surface area contributed by atoms with E-state index < -0.39 is 0 Å². The van der Waals surface area contributed by atoms with E-state index in [1.54, 1.807) is 7.11 Å². The molecule has 1 aromatic carbocycles. The predicted molar refractivity (Wildman–Crippen MR) is 74.1 cm³/mol. The molecule has 0 spiro atoms. The van der Waals surface area contributed by atoms with E-state index in [1.807, 2.05) is 30.5 Å². The molecule has 0 bridgehead atoms. The minimum Gasteiger partial charge on any atom is -0.504 e. The van der Waals surface area contributed by atoms with Gasteiger partial charge in [0.2, 0.25) is 0 Å². The summed E-state index contributed by atoms with van der Waals surface area (Å²) in [6.07, 6.45) is 6.35. The number of rotatable bonds is 3. The molecule has 1 saturated carbocycles. The van der Waals surface area contributed by atoms with Gasteiger partial charge in [0.05, 0.1) is 26.0 Å². The van der Waals surface area contributed by atoms with Crippen molar-refractivity contribution in [2.75, 3.05) is 14.2 Å². The van der Waals surface area contributed by atoms with E-state index in [0.29, 0.717) is 11.5 Å². The molecule has 0 aliphatic heterocycles. The standard InChI is InChI=1S/C16H20O3/c1-18-11-12-3-5-13(6-4-12)14-7-9-15(10-8-14)16(17)19-2/h7-11,13H,3-6H2,1-2H3. The molecule has 0 atom stereocenters. The van der Waals surface area contributed by atoms with Crippen LogP contribution in [0.3, 0.4) is 0 Å². The normalized spacial score (nSPS) is 18.8. The van der Waals surface area contributed by atoms with Gasteiger partial charge >= 0.3 is 5.97 Å². The van der Waals surface area contributed by atoms with Gasteiger partial charge in [0, 0.05) is 0 Å². The van der Waals surface area contributed by atoms with E-state index >= 15 is 0 Å². The van der Waals surface area contributed by atoms with Gasteiger partial charge in [-0.05, 0) is 54.9 Å². The second-order valence-electron chi connectivity index (χ2n) is 4.90. The summed E-state index contributed by atoms with van der Waals surface area (Å²) in [6.45, 7) is 0. The Kier molecular flexibility index (Phi) is 4.61. The van der Waals surface area contributed by atoms with Crippen LogP contribution in [0.4, 0.5) is 0 Å². The number of allylic oxidation sites excluding steroid dienone is 1. The van der Waals surface area contributed by atoms with E-state index in [4.69, 9.17) is 9.47 Å². The Morgan fingerprint density at radius 3 is 2.32 bits per heavy atom. The van der Waals surface area contributed by atoms with Gasteiger partial charge in [-0.15, -0.1) is 0 Å². The lowest BCUT2D eigenvalue weighted by molar-refractivity contribution is 0.0600. The van der Waals surface area contributed by atoms with Gasteiger partial charge in [0.1, 0.15) is 0 Å². The number of hydrogen-bond acceptors (Lipinski definition) is 3. The predicted octanol–water partition coefficient (Wildman–Crippen LogP) is 3.66. The van der Waals surface area contributed by atoms with Gasteiger partial charge in [-0.1, -0.05) is 12.1 Å². The Hall–Kier alpha value is -1.77. The molecule has 3 nitrogen and oxygen atoms in total. The summed E-state index contributed by atoms with van der Waals surface area (Å²) in [5, 5.41) is 0. The first-order valence-corrected chi connectivity index (χ1v) is 6.63. The van der Waals surface area contributed by atoms with Crippen molar-refractivity contribution >= 4 is 5.97 Å². The van der Waals surface area contributed by atoms with E-state index in [0.717, 1.165) is 25.7 Å². The second kappa shape index (κ2) is 6.41. The van der Waals surface area contributed by atoms with Gasteiger partial charge in [-0.2, -0.15) is 0 Å². The summed E-state index contributed by atoms with van der Waals surface area (Å²) in [5.41, 5.74) is 3.32. The third-order valence-electron chi connectivity index (χ3n) is 3.72. The zero-order valence-corrected chi connectivity index (χ0v) is 11.5. The van der Waals surface area contributed by atoms with Crippen molar-refractivity contribution in [3.8, 4) is 0 Å². The van der Waals surface area contributed by atoms with Crippen LogP contribution in [0.2, 0.25) is 0 Å². The second-order valence-corrected chi connectivity index (χ2v) is 4.90. The highest BCUT2D eigenvalue weighted by Gasteiger charge is 2.18. The van der Waals surface area contributed by atoms with Gasteiger partial charge in [-0.3, -0.25) is 0 Å². The van der Waals surface area contributed by atoms with Crippen molar-refractivity contribution in [2.45, 2.75) is 31.6 Å². The summed E-state index contributed by atoms with van der Waals surface area (Å²) in [4.78, 5) is 11.4. The Morgan fingerprint density at radius 1 is 1.16 bits per heavy atom. The number of hydrogen-bond donors (Lipinski definition) is 0. The third-order valence-corrected chi connectivity index (χ3v) is 3.72. The van der Waals surface area contributed by atoms with Crippen LogP contribution in [0.15, 0.2) is 36.1 Å². The topological polar surface area (TPSA) is 35.5 Å². The number of methoxy groups -OCH3 is 2. The summed E-state index contributed by atoms with van der Waals surface area (Å²) < 4.78 is 9.77. The van der Waals surface area contributed by atoms with Gasteiger partial charge in [0.25, 0.3) is 0 Å². The summed E-state index contributed by atoms with van der Waals surface area (Å²) in [6, 6.07) is 7.78. The van der Waals surface area contributed by atoms with E-state index in [2.05, 4.69) is 0 Å². The van der Waals surface area contributed by atoms with Crippen molar-refractivity contribution in [1.29, 1.82) is 0 Å². The SMILES string of the molecule is COC=C1CCC(c2ccc(C(=O)OC)cc2)CC1. The van der Waals surface area contributed by atoms with Crippen molar-refractivity contribution in [3.05, 3.63) is 47.2 Å². The number of carbonyl (C=O) groups excluding carboxylic acids is 1. The fourth-order valence-electron chi connectivity index (χ4n) is 2.62. The average molecular weight is 260 g/mol. The molecule has 0 aromatic heterocycles. The maximum atomic E-state index is 11.4. The molecule has 1 fully saturated rings. The molecule has 1 aliphatic carbocycles. The molecule has 1 aliphatic rings. The first-order valence-electron chi connectivity index (χ1n) is 6.63. The lowest BCUT2D eigenvalue weighted by Crippen LogP contribution is -2.07. The Balaban J connectivity index is 2.00. The molecular weight excluding hydrogens is 240 g/mol. The van der Waals surface area contributed by atoms with Gasteiger partial charge < -0.3 is 9.47 Å². The molecule has 0 unspecified atom stereocenters. The first kappa shape index (κ1) is 13.7. The zero-order chi connectivity index (χ0) is 13.7. The monoisotopic (exact) mass is 260 g/mol. The summed E-state index contributed by atoms with van der Waals surface area (Å²) in [5.74, 6) is 0.307. The largest absolute Gasteiger partial charge is 0.504 e. The quantitative estimate of drug-likeness (QED) is 0.614. The average Bonchev–Trinajstić information content (AvgIpc) is 2.48. The lowest BCUT2D eigenvalue weighted by Gasteiger charge is -2.24. The summed E-state index contributed by atoms with van der Waals surface area (Å²) in [7, 11) is 3.10. The molecule has 0 amide bonds. The number of ether oxygens (including phenoxy) is 2. The highest BCUT2D eigenvalue weighted by molar-refractivity contribution is 5.89. The highest BCUT2D eigenvalue weighted by Crippen LogP contribution is 2.35. The van der Waals surface area contributed by atoms with Crippen LogP contribution < -0.4 is 0 Å². The van der Waals surface area contributed by atoms with Crippen LogP contribution in [0, 0.1) is 0 Å². The molecule has 102 valence electrons. The van der Waals surface area contributed by atoms with E-state index in [1.165, 1.54) is 18.2 Å². The molecule has 1 aromatic rings. The molecular formula is C16H20O3. The minimum atomic E-state index is -0.277. The van der Waals surface area contributed by atoms with Crippen LogP contribution in [-0.4, -0.2) is 20.2 Å². The molecule has 0 N–H and O–H groups in total. The van der Waals surface area contributed by atoms with Gasteiger partial charge in [-0.25, -0.2) is 4.79 Å². The molecule has 0 saturated heterocycles.